The zero-order valence-corrected chi connectivity index (χ0v) is 11.9. The molecule has 0 bridgehead atoms. The normalized spacial score (nSPS) is 25.4. The Morgan fingerprint density at radius 1 is 1.35 bits per heavy atom. The molecule has 1 aromatic rings. The molecular weight excluding hydrogens is 250 g/mol. The molecule has 1 fully saturated rings. The van der Waals surface area contributed by atoms with E-state index in [2.05, 4.69) is 40.3 Å². The van der Waals surface area contributed by atoms with E-state index in [1.54, 1.807) is 0 Å². The summed E-state index contributed by atoms with van der Waals surface area (Å²) in [6.07, 6.45) is 4.03. The largest absolute Gasteiger partial charge is 0.478 e. The van der Waals surface area contributed by atoms with Gasteiger partial charge in [0.05, 0.1) is 18.8 Å². The average molecular weight is 271 g/mol. The van der Waals surface area contributed by atoms with Crippen molar-refractivity contribution < 1.29 is 4.74 Å². The van der Waals surface area contributed by atoms with Crippen molar-refractivity contribution in [2.75, 3.05) is 24.5 Å². The summed E-state index contributed by atoms with van der Waals surface area (Å²) in [6, 6.07) is 7.18. The number of benzene rings is 1. The van der Waals surface area contributed by atoms with Crippen LogP contribution in [0.2, 0.25) is 0 Å². The number of rotatable bonds is 2. The Labute approximate surface area is 119 Å². The minimum Gasteiger partial charge on any atom is -0.478 e. The molecule has 0 saturated heterocycles. The number of nitrogens with zero attached hydrogens (tertiary/aromatic N) is 2. The number of hydrogen-bond acceptors (Lipinski definition) is 4. The van der Waals surface area contributed by atoms with Gasteiger partial charge in [-0.25, -0.2) is 0 Å². The second kappa shape index (κ2) is 4.69. The lowest BCUT2D eigenvalue weighted by Crippen LogP contribution is -2.52. The summed E-state index contributed by atoms with van der Waals surface area (Å²) in [6.45, 7) is 4.89. The monoisotopic (exact) mass is 271 g/mol. The molecule has 3 aliphatic rings. The maximum Gasteiger partial charge on any atom is 0.173 e. The van der Waals surface area contributed by atoms with Crippen LogP contribution in [0.3, 0.4) is 0 Å². The highest BCUT2D eigenvalue weighted by atomic mass is 16.5. The van der Waals surface area contributed by atoms with Gasteiger partial charge in [0.2, 0.25) is 0 Å². The summed E-state index contributed by atoms with van der Waals surface area (Å²) in [5.74, 6) is 2.04. The lowest BCUT2D eigenvalue weighted by atomic mass is 9.90. The Morgan fingerprint density at radius 2 is 2.25 bits per heavy atom. The summed E-state index contributed by atoms with van der Waals surface area (Å²) in [5.41, 5.74) is 2.57. The van der Waals surface area contributed by atoms with E-state index < -0.39 is 0 Å². The number of aryl methyl sites for hydroxylation is 1. The molecule has 2 heterocycles. The number of amidine groups is 1. The average Bonchev–Trinajstić information content (AvgIpc) is 2.91. The van der Waals surface area contributed by atoms with E-state index in [4.69, 9.17) is 4.74 Å². The van der Waals surface area contributed by atoms with E-state index >= 15 is 0 Å². The third kappa shape index (κ3) is 1.94. The molecule has 4 heteroatoms. The van der Waals surface area contributed by atoms with E-state index in [1.165, 1.54) is 30.5 Å². The Balaban J connectivity index is 1.68. The number of hydrogen-bond donors (Lipinski definition) is 1. The number of anilines is 1. The molecule has 0 spiro atoms. The van der Waals surface area contributed by atoms with Gasteiger partial charge in [-0.2, -0.15) is 0 Å². The van der Waals surface area contributed by atoms with Crippen molar-refractivity contribution >= 4 is 11.5 Å². The quantitative estimate of drug-likeness (QED) is 0.895. The number of nitrogens with one attached hydrogen (secondary N) is 1. The number of aliphatic imine (C=N–C) groups is 1. The molecule has 2 aliphatic heterocycles. The highest BCUT2D eigenvalue weighted by molar-refractivity contribution is 5.89. The summed E-state index contributed by atoms with van der Waals surface area (Å²) in [4.78, 5) is 7.09. The van der Waals surface area contributed by atoms with Crippen LogP contribution in [0.5, 0.6) is 5.75 Å². The molecule has 1 N–H and O–H groups in total. The zero-order chi connectivity index (χ0) is 13.5. The fraction of sp³-hybridized carbons (Fsp3) is 0.562. The minimum absolute atomic E-state index is 0.0632. The van der Waals surface area contributed by atoms with Gasteiger partial charge in [0.25, 0.3) is 0 Å². The van der Waals surface area contributed by atoms with Crippen molar-refractivity contribution in [1.29, 1.82) is 0 Å². The first-order valence-electron chi connectivity index (χ1n) is 7.63. The Morgan fingerprint density at radius 3 is 2.95 bits per heavy atom. The van der Waals surface area contributed by atoms with Gasteiger partial charge in [0, 0.05) is 12.6 Å². The third-order valence-corrected chi connectivity index (χ3v) is 4.58. The predicted molar refractivity (Wildman–Crippen MR) is 80.9 cm³/mol. The first-order valence-corrected chi connectivity index (χ1v) is 7.63. The van der Waals surface area contributed by atoms with E-state index in [-0.39, 0.29) is 6.10 Å². The molecule has 0 aromatic heterocycles. The van der Waals surface area contributed by atoms with E-state index in [0.717, 1.165) is 31.2 Å². The van der Waals surface area contributed by atoms with Crippen molar-refractivity contribution in [2.45, 2.75) is 38.3 Å². The van der Waals surface area contributed by atoms with Crippen molar-refractivity contribution in [3.63, 3.8) is 0 Å². The first-order chi connectivity index (χ1) is 9.81. The molecule has 106 valence electrons. The van der Waals surface area contributed by atoms with Crippen LogP contribution in [0.4, 0.5) is 5.69 Å². The SMILES string of the molecule is Cc1ccc2c(c1)N(C1CCC1)CC(C1=NCCN1)O2. The van der Waals surface area contributed by atoms with E-state index in [1.807, 2.05) is 0 Å². The van der Waals surface area contributed by atoms with Crippen molar-refractivity contribution in [3.05, 3.63) is 23.8 Å². The molecule has 1 saturated carbocycles. The Hall–Kier alpha value is -1.71. The van der Waals surface area contributed by atoms with Crippen LogP contribution in [0.25, 0.3) is 0 Å². The van der Waals surface area contributed by atoms with Gasteiger partial charge in [-0.1, -0.05) is 6.07 Å². The number of ether oxygens (including phenoxy) is 1. The smallest absolute Gasteiger partial charge is 0.173 e. The lowest BCUT2D eigenvalue weighted by molar-refractivity contribution is 0.234. The molecule has 4 nitrogen and oxygen atoms in total. The Bertz CT molecular complexity index is 551. The molecule has 20 heavy (non-hydrogen) atoms. The minimum atomic E-state index is 0.0632. The van der Waals surface area contributed by atoms with Crippen molar-refractivity contribution in [1.82, 2.24) is 5.32 Å². The molecule has 1 unspecified atom stereocenters. The van der Waals surface area contributed by atoms with Gasteiger partial charge < -0.3 is 15.0 Å². The molecule has 0 radical (unpaired) electrons. The highest BCUT2D eigenvalue weighted by Gasteiger charge is 2.35. The van der Waals surface area contributed by atoms with Gasteiger partial charge in [0.15, 0.2) is 6.10 Å². The fourth-order valence-corrected chi connectivity index (χ4v) is 3.24. The third-order valence-electron chi connectivity index (χ3n) is 4.58. The van der Waals surface area contributed by atoms with Crippen LogP contribution in [-0.4, -0.2) is 37.6 Å². The summed E-state index contributed by atoms with van der Waals surface area (Å²) in [7, 11) is 0. The van der Waals surface area contributed by atoms with E-state index in [9.17, 15) is 0 Å². The van der Waals surface area contributed by atoms with Crippen LogP contribution in [0.1, 0.15) is 24.8 Å². The van der Waals surface area contributed by atoms with Crippen molar-refractivity contribution in [2.24, 2.45) is 4.99 Å². The summed E-state index contributed by atoms with van der Waals surface area (Å²) in [5, 5.41) is 3.36. The molecule has 1 atom stereocenters. The molecule has 0 amide bonds. The van der Waals surface area contributed by atoms with Crippen LogP contribution in [0.15, 0.2) is 23.2 Å². The summed E-state index contributed by atoms with van der Waals surface area (Å²) < 4.78 is 6.18. The second-order valence-corrected chi connectivity index (χ2v) is 6.01. The topological polar surface area (TPSA) is 36.9 Å². The van der Waals surface area contributed by atoms with E-state index in [0.29, 0.717) is 6.04 Å². The van der Waals surface area contributed by atoms with Crippen LogP contribution < -0.4 is 15.0 Å². The maximum absolute atomic E-state index is 6.18. The number of fused-ring (bicyclic) bond motifs is 1. The van der Waals surface area contributed by atoms with Crippen LogP contribution in [-0.2, 0) is 0 Å². The predicted octanol–water partition coefficient (Wildman–Crippen LogP) is 2.12. The highest BCUT2D eigenvalue weighted by Crippen LogP contribution is 2.39. The standard InChI is InChI=1S/C16H21N3O/c1-11-5-6-14-13(9-11)19(12-3-2-4-12)10-15(20-14)16-17-7-8-18-16/h5-6,9,12,15H,2-4,7-8,10H2,1H3,(H,17,18). The van der Waals surface area contributed by atoms with Gasteiger partial charge in [-0.15, -0.1) is 0 Å². The fourth-order valence-electron chi connectivity index (χ4n) is 3.24. The van der Waals surface area contributed by atoms with Crippen LogP contribution >= 0.6 is 0 Å². The van der Waals surface area contributed by atoms with Gasteiger partial charge in [-0.3, -0.25) is 4.99 Å². The first kappa shape index (κ1) is 12.1. The lowest BCUT2D eigenvalue weighted by Gasteiger charge is -2.44. The molecule has 4 rings (SSSR count). The summed E-state index contributed by atoms with van der Waals surface area (Å²) >= 11 is 0. The van der Waals surface area contributed by atoms with Crippen LogP contribution in [0, 0.1) is 6.92 Å². The Kier molecular flexibility index (Phi) is 2.83. The van der Waals surface area contributed by atoms with Gasteiger partial charge in [0.1, 0.15) is 11.6 Å². The van der Waals surface area contributed by atoms with Crippen molar-refractivity contribution in [3.8, 4) is 5.75 Å². The molecular formula is C16H21N3O. The van der Waals surface area contributed by atoms with Gasteiger partial charge >= 0.3 is 0 Å². The molecule has 1 aromatic carbocycles. The molecule has 1 aliphatic carbocycles. The second-order valence-electron chi connectivity index (χ2n) is 6.01. The van der Waals surface area contributed by atoms with Gasteiger partial charge in [-0.05, 0) is 43.9 Å². The zero-order valence-electron chi connectivity index (χ0n) is 11.9. The maximum atomic E-state index is 6.18.